The van der Waals surface area contributed by atoms with E-state index >= 15 is 0 Å². The van der Waals surface area contributed by atoms with E-state index in [9.17, 15) is 0 Å². The van der Waals surface area contributed by atoms with Crippen LogP contribution >= 0.6 is 11.6 Å². The van der Waals surface area contributed by atoms with Crippen LogP contribution in [0.1, 0.15) is 5.56 Å². The van der Waals surface area contributed by atoms with Crippen LogP contribution in [-0.2, 0) is 7.05 Å². The Hall–Kier alpha value is -1.48. The summed E-state index contributed by atoms with van der Waals surface area (Å²) in [6, 6.07) is 5.75. The van der Waals surface area contributed by atoms with Gasteiger partial charge in [-0.15, -0.1) is 0 Å². The molecule has 78 valence electrons. The van der Waals surface area contributed by atoms with E-state index in [1.807, 2.05) is 42.9 Å². The molecule has 0 radical (unpaired) electrons. The number of aryl methyl sites for hydroxylation is 2. The maximum atomic E-state index is 5.93. The predicted molar refractivity (Wildman–Crippen MR) is 62.7 cm³/mol. The van der Waals surface area contributed by atoms with Crippen LogP contribution in [0.2, 0.25) is 5.02 Å². The monoisotopic (exact) mass is 221 g/mol. The van der Waals surface area contributed by atoms with Gasteiger partial charge in [0.15, 0.2) is 0 Å². The highest BCUT2D eigenvalue weighted by Crippen LogP contribution is 2.22. The lowest BCUT2D eigenvalue weighted by Crippen LogP contribution is -1.99. The summed E-state index contributed by atoms with van der Waals surface area (Å²) in [5, 5.41) is 3.95. The Morgan fingerprint density at radius 3 is 2.87 bits per heavy atom. The molecular weight excluding hydrogens is 210 g/mol. The van der Waals surface area contributed by atoms with Gasteiger partial charge in [-0.3, -0.25) is 0 Å². The van der Waals surface area contributed by atoms with Crippen LogP contribution in [-0.4, -0.2) is 9.55 Å². The average molecular weight is 222 g/mol. The number of nitrogens with one attached hydrogen (secondary N) is 1. The molecule has 2 aromatic rings. The van der Waals surface area contributed by atoms with Crippen LogP contribution in [0.4, 0.5) is 11.6 Å². The second kappa shape index (κ2) is 3.95. The molecule has 1 aromatic carbocycles. The number of hydrogen-bond acceptors (Lipinski definition) is 2. The lowest BCUT2D eigenvalue weighted by Gasteiger charge is -2.09. The van der Waals surface area contributed by atoms with Gasteiger partial charge in [0, 0.05) is 30.2 Å². The number of hydrogen-bond donors (Lipinski definition) is 1. The van der Waals surface area contributed by atoms with Crippen LogP contribution in [0.3, 0.4) is 0 Å². The number of anilines is 2. The van der Waals surface area contributed by atoms with Crippen molar-refractivity contribution in [1.29, 1.82) is 0 Å². The molecule has 0 saturated heterocycles. The molecule has 4 heteroatoms. The van der Waals surface area contributed by atoms with Gasteiger partial charge < -0.3 is 9.88 Å². The molecular formula is C11H12ClN3. The number of aromatic nitrogens is 2. The lowest BCUT2D eigenvalue weighted by molar-refractivity contribution is 0.924. The summed E-state index contributed by atoms with van der Waals surface area (Å²) in [5.74, 6) is 0.806. The van der Waals surface area contributed by atoms with Crippen molar-refractivity contribution in [2.45, 2.75) is 6.92 Å². The highest BCUT2D eigenvalue weighted by atomic mass is 35.5. The Morgan fingerprint density at radius 2 is 2.20 bits per heavy atom. The van der Waals surface area contributed by atoms with Gasteiger partial charge in [-0.25, -0.2) is 4.98 Å². The fourth-order valence-electron chi connectivity index (χ4n) is 1.34. The molecule has 0 saturated carbocycles. The van der Waals surface area contributed by atoms with Gasteiger partial charge in [-0.2, -0.15) is 0 Å². The van der Waals surface area contributed by atoms with Crippen molar-refractivity contribution < 1.29 is 0 Å². The summed E-state index contributed by atoms with van der Waals surface area (Å²) in [7, 11) is 1.94. The summed E-state index contributed by atoms with van der Waals surface area (Å²) in [4.78, 5) is 4.19. The zero-order valence-electron chi connectivity index (χ0n) is 8.66. The predicted octanol–water partition coefficient (Wildman–Crippen LogP) is 3.13. The third kappa shape index (κ3) is 2.13. The van der Waals surface area contributed by atoms with Crippen molar-refractivity contribution in [3.8, 4) is 0 Å². The lowest BCUT2D eigenvalue weighted by atomic mass is 10.2. The third-order valence-corrected chi connectivity index (χ3v) is 2.50. The van der Waals surface area contributed by atoms with Gasteiger partial charge in [0.2, 0.25) is 5.95 Å². The van der Waals surface area contributed by atoms with E-state index in [0.717, 1.165) is 22.2 Å². The fraction of sp³-hybridized carbons (Fsp3) is 0.182. The molecule has 0 spiro atoms. The Balaban J connectivity index is 2.32. The van der Waals surface area contributed by atoms with E-state index in [4.69, 9.17) is 11.6 Å². The van der Waals surface area contributed by atoms with E-state index in [1.54, 1.807) is 6.20 Å². The van der Waals surface area contributed by atoms with Gasteiger partial charge >= 0.3 is 0 Å². The van der Waals surface area contributed by atoms with Crippen LogP contribution in [0.15, 0.2) is 30.6 Å². The van der Waals surface area contributed by atoms with Gasteiger partial charge in [0.25, 0.3) is 0 Å². The van der Waals surface area contributed by atoms with E-state index < -0.39 is 0 Å². The number of imidazole rings is 1. The molecule has 1 N–H and O–H groups in total. The Kier molecular flexibility index (Phi) is 2.64. The SMILES string of the molecule is Cc1ccc(Cl)cc1Nc1nccn1C. The van der Waals surface area contributed by atoms with Crippen LogP contribution in [0, 0.1) is 6.92 Å². The molecule has 0 aliphatic carbocycles. The summed E-state index contributed by atoms with van der Waals surface area (Å²) in [6.45, 7) is 2.03. The minimum absolute atomic E-state index is 0.720. The molecule has 0 unspecified atom stereocenters. The van der Waals surface area contributed by atoms with E-state index in [0.29, 0.717) is 0 Å². The molecule has 0 amide bonds. The minimum Gasteiger partial charge on any atom is -0.325 e. The highest BCUT2D eigenvalue weighted by Gasteiger charge is 2.02. The van der Waals surface area contributed by atoms with Crippen molar-refractivity contribution in [3.63, 3.8) is 0 Å². The van der Waals surface area contributed by atoms with E-state index in [-0.39, 0.29) is 0 Å². The Labute approximate surface area is 93.7 Å². The number of halogens is 1. The zero-order chi connectivity index (χ0) is 10.8. The van der Waals surface area contributed by atoms with Crippen LogP contribution < -0.4 is 5.32 Å². The Bertz CT molecular complexity index is 476. The molecule has 3 nitrogen and oxygen atoms in total. The van der Waals surface area contributed by atoms with Crippen LogP contribution in [0.5, 0.6) is 0 Å². The summed E-state index contributed by atoms with van der Waals surface area (Å²) >= 11 is 5.93. The zero-order valence-corrected chi connectivity index (χ0v) is 9.42. The molecule has 0 bridgehead atoms. The quantitative estimate of drug-likeness (QED) is 0.845. The summed E-state index contributed by atoms with van der Waals surface area (Å²) < 4.78 is 1.92. The molecule has 2 rings (SSSR count). The largest absolute Gasteiger partial charge is 0.325 e. The van der Waals surface area contributed by atoms with E-state index in [1.165, 1.54) is 0 Å². The van der Waals surface area contributed by atoms with Crippen molar-refractivity contribution in [2.24, 2.45) is 7.05 Å². The fourth-order valence-corrected chi connectivity index (χ4v) is 1.51. The second-order valence-corrected chi connectivity index (χ2v) is 3.88. The van der Waals surface area contributed by atoms with Gasteiger partial charge in [0.05, 0.1) is 0 Å². The molecule has 15 heavy (non-hydrogen) atoms. The Morgan fingerprint density at radius 1 is 1.40 bits per heavy atom. The highest BCUT2D eigenvalue weighted by molar-refractivity contribution is 6.30. The van der Waals surface area contributed by atoms with Gasteiger partial charge in [0.1, 0.15) is 0 Å². The minimum atomic E-state index is 0.720. The van der Waals surface area contributed by atoms with E-state index in [2.05, 4.69) is 10.3 Å². The maximum absolute atomic E-state index is 5.93. The van der Waals surface area contributed by atoms with Crippen molar-refractivity contribution in [1.82, 2.24) is 9.55 Å². The molecule has 0 fully saturated rings. The maximum Gasteiger partial charge on any atom is 0.207 e. The topological polar surface area (TPSA) is 29.9 Å². The second-order valence-electron chi connectivity index (χ2n) is 3.45. The first kappa shape index (κ1) is 10.1. The summed E-state index contributed by atoms with van der Waals surface area (Å²) in [5.41, 5.74) is 2.12. The number of rotatable bonds is 2. The number of benzene rings is 1. The summed E-state index contributed by atoms with van der Waals surface area (Å²) in [6.07, 6.45) is 3.64. The normalized spacial score (nSPS) is 10.3. The molecule has 0 aliphatic rings. The first-order valence-electron chi connectivity index (χ1n) is 4.67. The van der Waals surface area contributed by atoms with Crippen molar-refractivity contribution in [3.05, 3.63) is 41.2 Å². The van der Waals surface area contributed by atoms with Crippen molar-refractivity contribution >= 4 is 23.2 Å². The number of nitrogens with zero attached hydrogens (tertiary/aromatic N) is 2. The van der Waals surface area contributed by atoms with Crippen LogP contribution in [0.25, 0.3) is 0 Å². The molecule has 0 atom stereocenters. The van der Waals surface area contributed by atoms with Gasteiger partial charge in [-0.1, -0.05) is 17.7 Å². The third-order valence-electron chi connectivity index (χ3n) is 2.27. The van der Waals surface area contributed by atoms with Crippen molar-refractivity contribution in [2.75, 3.05) is 5.32 Å². The smallest absolute Gasteiger partial charge is 0.207 e. The molecule has 1 heterocycles. The molecule has 0 aliphatic heterocycles. The van der Waals surface area contributed by atoms with Gasteiger partial charge in [-0.05, 0) is 24.6 Å². The first-order chi connectivity index (χ1) is 7.16. The standard InChI is InChI=1S/C11H12ClN3/c1-8-3-4-9(12)7-10(8)14-11-13-5-6-15(11)2/h3-7H,1-2H3,(H,13,14). The average Bonchev–Trinajstić information content (AvgIpc) is 2.58. The molecule has 1 aromatic heterocycles. The first-order valence-corrected chi connectivity index (χ1v) is 5.05.